The minimum absolute atomic E-state index is 0.778. The molecule has 0 unspecified atom stereocenters. The molecule has 0 bridgehead atoms. The first-order chi connectivity index (χ1) is 29.7. The van der Waals surface area contributed by atoms with Gasteiger partial charge in [-0.1, -0.05) is 152 Å². The topological polar surface area (TPSA) is 42.0 Å². The Morgan fingerprint density at radius 3 is 0.950 bits per heavy atom. The number of fused-ring (bicyclic) bond motifs is 7. The zero-order valence-corrected chi connectivity index (χ0v) is 33.2. The van der Waals surface area contributed by atoms with E-state index in [0.717, 1.165) is 106 Å². The number of rotatable bonds is 5. The summed E-state index contributed by atoms with van der Waals surface area (Å²) >= 11 is 0. The van der Waals surface area contributed by atoms with E-state index in [4.69, 9.17) is 9.47 Å². The molecule has 3 aliphatic heterocycles. The third kappa shape index (κ3) is 5.03. The smallest absolute Gasteiger partial charge is 0.173 e. The van der Waals surface area contributed by atoms with Crippen molar-refractivity contribution in [3.05, 3.63) is 212 Å². The Morgan fingerprint density at radius 1 is 0.283 bits per heavy atom. The molecule has 9 aromatic carbocycles. The second kappa shape index (κ2) is 13.5. The highest BCUT2D eigenvalue weighted by Gasteiger charge is 2.45. The summed E-state index contributed by atoms with van der Waals surface area (Å²) in [6.45, 7) is 0. The van der Waals surface area contributed by atoms with Crippen LogP contribution in [0, 0.1) is 0 Å². The Morgan fingerprint density at radius 2 is 0.567 bits per heavy atom. The van der Waals surface area contributed by atoms with Crippen LogP contribution in [0.3, 0.4) is 0 Å². The minimum atomic E-state index is -3.58. The van der Waals surface area contributed by atoms with Crippen LogP contribution in [0.4, 0.5) is 34.1 Å². The second-order valence-corrected chi connectivity index (χ2v) is 17.8. The molecule has 0 saturated heterocycles. The third-order valence-electron chi connectivity index (χ3n) is 11.8. The predicted molar refractivity (Wildman–Crippen MR) is 245 cm³/mol. The lowest BCUT2D eigenvalue weighted by molar-refractivity contribution is 0.477. The first-order valence-corrected chi connectivity index (χ1v) is 21.8. The highest BCUT2D eigenvalue weighted by atomic mass is 31.2. The van der Waals surface area contributed by atoms with Gasteiger partial charge < -0.3 is 23.8 Å². The molecule has 0 radical (unpaired) electrons. The molecule has 60 heavy (non-hydrogen) atoms. The summed E-state index contributed by atoms with van der Waals surface area (Å²) in [4.78, 5) is 4.55. The van der Waals surface area contributed by atoms with Gasteiger partial charge in [0.05, 0.1) is 34.1 Å². The van der Waals surface area contributed by atoms with Gasteiger partial charge in [0.15, 0.2) is 30.1 Å². The van der Waals surface area contributed by atoms with Crippen LogP contribution < -0.4 is 35.2 Å². The zero-order chi connectivity index (χ0) is 39.8. The van der Waals surface area contributed by atoms with Crippen LogP contribution >= 0.6 is 7.14 Å². The van der Waals surface area contributed by atoms with Gasteiger partial charge in [-0.05, 0) is 82.9 Å². The quantitative estimate of drug-likeness (QED) is 0.162. The third-order valence-corrected chi connectivity index (χ3v) is 15.1. The molecular weight excluding hydrogens is 756 g/mol. The summed E-state index contributed by atoms with van der Waals surface area (Å²) in [5, 5.41) is 2.49. The first-order valence-electron chi connectivity index (χ1n) is 20.1. The number of para-hydroxylation sites is 10. The Kier molecular flexibility index (Phi) is 7.75. The number of hydrogen-bond acceptors (Lipinski definition) is 5. The predicted octanol–water partition coefficient (Wildman–Crippen LogP) is 13.8. The fraction of sp³-hybridized carbons (Fsp3) is 0. The van der Waals surface area contributed by atoms with Crippen molar-refractivity contribution in [2.24, 2.45) is 0 Å². The lowest BCUT2D eigenvalue weighted by Gasteiger charge is -2.34. The van der Waals surface area contributed by atoms with Crippen LogP contribution in [0.2, 0.25) is 0 Å². The van der Waals surface area contributed by atoms with Crippen molar-refractivity contribution in [2.75, 3.05) is 9.80 Å². The standard InChI is InChI=1S/C54H35N2O3P/c57-60(36-18-2-1-3-19-36)53-39(37-20-4-6-26-43(37)55-45-28-8-12-32-49(45)58-50-33-13-9-29-46(50)55)22-16-24-41(53)42-25-17-23-40(54(42)60)38-21-5-7-27-44(38)56-47-30-10-14-34-51(47)59-52-35-15-11-31-48(52)56/h1-35H. The highest BCUT2D eigenvalue weighted by Crippen LogP contribution is 2.60. The molecule has 284 valence electrons. The highest BCUT2D eigenvalue weighted by molar-refractivity contribution is 7.87. The van der Waals surface area contributed by atoms with Gasteiger partial charge in [-0.15, -0.1) is 0 Å². The Balaban J connectivity index is 1.11. The molecular formula is C54H35N2O3P. The van der Waals surface area contributed by atoms with Crippen molar-refractivity contribution in [2.45, 2.75) is 0 Å². The van der Waals surface area contributed by atoms with Gasteiger partial charge >= 0.3 is 0 Å². The molecule has 0 amide bonds. The normalized spacial score (nSPS) is 13.7. The number of hydrogen-bond donors (Lipinski definition) is 0. The molecule has 0 N–H and O–H groups in total. The summed E-state index contributed by atoms with van der Waals surface area (Å²) in [7, 11) is -3.58. The molecule has 3 aliphatic rings. The number of ether oxygens (including phenoxy) is 2. The van der Waals surface area contributed by atoms with Gasteiger partial charge in [0.25, 0.3) is 0 Å². The van der Waals surface area contributed by atoms with E-state index in [2.05, 4.69) is 119 Å². The van der Waals surface area contributed by atoms with Gasteiger partial charge in [-0.3, -0.25) is 0 Å². The van der Waals surface area contributed by atoms with E-state index in [1.54, 1.807) is 0 Å². The lowest BCUT2D eigenvalue weighted by atomic mass is 9.94. The van der Waals surface area contributed by atoms with Crippen LogP contribution in [-0.4, -0.2) is 0 Å². The van der Waals surface area contributed by atoms with Crippen LogP contribution in [-0.2, 0) is 4.57 Å². The van der Waals surface area contributed by atoms with Crippen molar-refractivity contribution in [1.29, 1.82) is 0 Å². The van der Waals surface area contributed by atoms with Crippen molar-refractivity contribution in [1.82, 2.24) is 0 Å². The van der Waals surface area contributed by atoms with E-state index in [-0.39, 0.29) is 0 Å². The van der Waals surface area contributed by atoms with Gasteiger partial charge in [-0.25, -0.2) is 0 Å². The van der Waals surface area contributed by atoms with E-state index >= 15 is 4.57 Å². The Bertz CT molecular complexity index is 2950. The van der Waals surface area contributed by atoms with Crippen molar-refractivity contribution < 1.29 is 14.0 Å². The average Bonchev–Trinajstić information content (AvgIpc) is 3.59. The van der Waals surface area contributed by atoms with Crippen molar-refractivity contribution >= 4 is 57.2 Å². The van der Waals surface area contributed by atoms with Crippen LogP contribution in [0.15, 0.2) is 212 Å². The number of benzene rings is 9. The maximum Gasteiger partial charge on any atom is 0.173 e. The van der Waals surface area contributed by atoms with Crippen LogP contribution in [0.1, 0.15) is 0 Å². The molecule has 0 aliphatic carbocycles. The number of nitrogens with zero attached hydrogens (tertiary/aromatic N) is 2. The second-order valence-electron chi connectivity index (χ2n) is 15.1. The SMILES string of the molecule is O=P1(c2ccccc2)c2c(-c3ccccc3N3c4ccccc4Oc4ccccc43)cccc2-c2cccc(-c3ccccc3N3c4ccccc4Oc4ccccc43)c21. The lowest BCUT2D eigenvalue weighted by Crippen LogP contribution is -2.24. The Labute approximate surface area is 348 Å². The monoisotopic (exact) mass is 790 g/mol. The van der Waals surface area contributed by atoms with E-state index in [1.165, 1.54) is 0 Å². The van der Waals surface area contributed by atoms with Crippen LogP contribution in [0.5, 0.6) is 23.0 Å². The van der Waals surface area contributed by atoms with Gasteiger partial charge in [-0.2, -0.15) is 0 Å². The van der Waals surface area contributed by atoms with Gasteiger partial charge in [0.2, 0.25) is 0 Å². The van der Waals surface area contributed by atoms with Crippen LogP contribution in [0.25, 0.3) is 33.4 Å². The van der Waals surface area contributed by atoms with E-state index < -0.39 is 7.14 Å². The molecule has 12 rings (SSSR count). The van der Waals surface area contributed by atoms with E-state index in [9.17, 15) is 0 Å². The largest absolute Gasteiger partial charge is 0.453 e. The van der Waals surface area contributed by atoms with Crippen molar-refractivity contribution in [3.8, 4) is 56.4 Å². The molecule has 0 fully saturated rings. The fourth-order valence-corrected chi connectivity index (χ4v) is 12.8. The summed E-state index contributed by atoms with van der Waals surface area (Å²) in [6, 6.07) is 72.4. The number of anilines is 6. The summed E-state index contributed by atoms with van der Waals surface area (Å²) in [6.07, 6.45) is 0. The fourth-order valence-electron chi connectivity index (χ4n) is 9.36. The maximum atomic E-state index is 17.1. The van der Waals surface area contributed by atoms with Gasteiger partial charge in [0, 0.05) is 27.0 Å². The first kappa shape index (κ1) is 34.5. The van der Waals surface area contributed by atoms with E-state index in [1.807, 2.05) is 103 Å². The van der Waals surface area contributed by atoms with Gasteiger partial charge in [0.1, 0.15) is 0 Å². The zero-order valence-electron chi connectivity index (χ0n) is 32.3. The molecule has 0 atom stereocenters. The molecule has 0 spiro atoms. The molecule has 0 saturated carbocycles. The maximum absolute atomic E-state index is 17.1. The van der Waals surface area contributed by atoms with E-state index in [0.29, 0.717) is 0 Å². The molecule has 9 aromatic rings. The summed E-state index contributed by atoms with van der Waals surface area (Å²) < 4.78 is 30.0. The Hall–Kier alpha value is -7.59. The van der Waals surface area contributed by atoms with Crippen molar-refractivity contribution in [3.63, 3.8) is 0 Å². The minimum Gasteiger partial charge on any atom is -0.453 e. The summed E-state index contributed by atoms with van der Waals surface area (Å²) in [5.74, 6) is 3.11. The molecule has 6 heteroatoms. The molecule has 0 aromatic heterocycles. The molecule has 3 heterocycles. The molecule has 5 nitrogen and oxygen atoms in total. The average molecular weight is 791 g/mol. The summed E-state index contributed by atoms with van der Waals surface area (Å²) in [5.41, 5.74) is 11.5.